The van der Waals surface area contributed by atoms with Gasteiger partial charge in [-0.2, -0.15) is 0 Å². The fraction of sp³-hybridized carbons (Fsp3) is 0.273. The number of hydrogen-bond acceptors (Lipinski definition) is 3. The van der Waals surface area contributed by atoms with E-state index in [1.54, 1.807) is 30.3 Å². The van der Waals surface area contributed by atoms with Gasteiger partial charge < -0.3 is 10.8 Å². The number of rotatable bonds is 4. The summed E-state index contributed by atoms with van der Waals surface area (Å²) in [5.41, 5.74) is 4.45. The van der Waals surface area contributed by atoms with E-state index in [1.165, 1.54) is 6.92 Å². The van der Waals surface area contributed by atoms with Crippen LogP contribution in [0.5, 0.6) is 0 Å². The number of carbonyl (C=O) groups excluding carboxylic acids is 1. The van der Waals surface area contributed by atoms with Crippen molar-refractivity contribution in [2.75, 3.05) is 0 Å². The molecule has 0 heterocycles. The molecule has 0 saturated carbocycles. The zero-order chi connectivity index (χ0) is 11.5. The van der Waals surface area contributed by atoms with E-state index >= 15 is 0 Å². The standard InChI is InChI=1S/C11H13NO3/c1-11(12,10(14)15)7-9(13)8-5-3-2-4-6-8/h2-6H,7,12H2,1H3,(H,14,15). The average molecular weight is 207 g/mol. The number of benzene rings is 1. The van der Waals surface area contributed by atoms with Gasteiger partial charge in [-0.3, -0.25) is 9.59 Å². The third kappa shape index (κ3) is 2.89. The zero-order valence-electron chi connectivity index (χ0n) is 8.43. The molecule has 4 heteroatoms. The fourth-order valence-corrected chi connectivity index (χ4v) is 1.14. The number of carboxylic acid groups (broad SMARTS) is 1. The first kappa shape index (κ1) is 11.4. The molecule has 0 amide bonds. The Balaban J connectivity index is 2.77. The molecule has 0 fully saturated rings. The van der Waals surface area contributed by atoms with E-state index in [0.29, 0.717) is 5.56 Å². The highest BCUT2D eigenvalue weighted by Crippen LogP contribution is 2.11. The maximum Gasteiger partial charge on any atom is 0.323 e. The monoisotopic (exact) mass is 207 g/mol. The van der Waals surface area contributed by atoms with Crippen LogP contribution in [0.15, 0.2) is 30.3 Å². The molecule has 0 aromatic heterocycles. The van der Waals surface area contributed by atoms with Crippen molar-refractivity contribution >= 4 is 11.8 Å². The topological polar surface area (TPSA) is 80.4 Å². The Morgan fingerprint density at radius 2 is 1.87 bits per heavy atom. The first-order valence-corrected chi connectivity index (χ1v) is 4.54. The minimum Gasteiger partial charge on any atom is -0.480 e. The van der Waals surface area contributed by atoms with Gasteiger partial charge in [-0.25, -0.2) is 0 Å². The lowest BCUT2D eigenvalue weighted by Crippen LogP contribution is -2.46. The van der Waals surface area contributed by atoms with E-state index in [-0.39, 0.29) is 12.2 Å². The van der Waals surface area contributed by atoms with Gasteiger partial charge in [0.1, 0.15) is 5.54 Å². The molecular formula is C11H13NO3. The van der Waals surface area contributed by atoms with Crippen LogP contribution in [0.2, 0.25) is 0 Å². The van der Waals surface area contributed by atoms with Gasteiger partial charge in [0.2, 0.25) is 0 Å². The van der Waals surface area contributed by atoms with Crippen molar-refractivity contribution < 1.29 is 14.7 Å². The second kappa shape index (κ2) is 4.23. The Morgan fingerprint density at radius 1 is 1.33 bits per heavy atom. The number of nitrogens with two attached hydrogens (primary N) is 1. The number of ketones is 1. The summed E-state index contributed by atoms with van der Waals surface area (Å²) < 4.78 is 0. The normalized spacial score (nSPS) is 14.3. The molecule has 1 aromatic carbocycles. The van der Waals surface area contributed by atoms with Crippen LogP contribution in [0.1, 0.15) is 23.7 Å². The maximum atomic E-state index is 11.6. The van der Waals surface area contributed by atoms with E-state index in [0.717, 1.165) is 0 Å². The van der Waals surface area contributed by atoms with E-state index in [2.05, 4.69) is 0 Å². The Labute approximate surface area is 87.7 Å². The second-order valence-electron chi connectivity index (χ2n) is 3.69. The largest absolute Gasteiger partial charge is 0.480 e. The molecule has 0 aliphatic rings. The van der Waals surface area contributed by atoms with Crippen LogP contribution in [-0.2, 0) is 4.79 Å². The average Bonchev–Trinajstić information content (AvgIpc) is 2.18. The lowest BCUT2D eigenvalue weighted by atomic mass is 9.93. The van der Waals surface area contributed by atoms with Crippen molar-refractivity contribution in [3.63, 3.8) is 0 Å². The minimum absolute atomic E-state index is 0.202. The van der Waals surface area contributed by atoms with Crippen LogP contribution in [0.25, 0.3) is 0 Å². The Morgan fingerprint density at radius 3 is 2.33 bits per heavy atom. The van der Waals surface area contributed by atoms with E-state index in [1.807, 2.05) is 0 Å². The highest BCUT2D eigenvalue weighted by molar-refractivity contribution is 5.99. The summed E-state index contributed by atoms with van der Waals surface area (Å²) in [4.78, 5) is 22.3. The van der Waals surface area contributed by atoms with E-state index in [9.17, 15) is 9.59 Å². The highest BCUT2D eigenvalue weighted by atomic mass is 16.4. The molecule has 0 aliphatic heterocycles. The lowest BCUT2D eigenvalue weighted by molar-refractivity contribution is -0.142. The quantitative estimate of drug-likeness (QED) is 0.723. The van der Waals surface area contributed by atoms with Crippen molar-refractivity contribution in [1.29, 1.82) is 0 Å². The predicted octanol–water partition coefficient (Wildman–Crippen LogP) is 1.06. The van der Waals surface area contributed by atoms with Gasteiger partial charge in [-0.1, -0.05) is 30.3 Å². The summed E-state index contributed by atoms with van der Waals surface area (Å²) in [6, 6.07) is 8.51. The summed E-state index contributed by atoms with van der Waals surface area (Å²) in [5, 5.41) is 8.76. The van der Waals surface area contributed by atoms with E-state index in [4.69, 9.17) is 10.8 Å². The van der Waals surface area contributed by atoms with Gasteiger partial charge in [0.15, 0.2) is 5.78 Å². The van der Waals surface area contributed by atoms with Crippen LogP contribution in [0.3, 0.4) is 0 Å². The molecule has 0 saturated heterocycles. The molecule has 80 valence electrons. The zero-order valence-corrected chi connectivity index (χ0v) is 8.43. The molecule has 15 heavy (non-hydrogen) atoms. The van der Waals surface area contributed by atoms with Crippen LogP contribution in [0, 0.1) is 0 Å². The molecule has 4 nitrogen and oxygen atoms in total. The third-order valence-corrected chi connectivity index (χ3v) is 2.11. The summed E-state index contributed by atoms with van der Waals surface area (Å²) in [6.45, 7) is 1.33. The summed E-state index contributed by atoms with van der Waals surface area (Å²) in [5.74, 6) is -1.44. The molecule has 1 aromatic rings. The van der Waals surface area contributed by atoms with E-state index < -0.39 is 11.5 Å². The SMILES string of the molecule is CC(N)(CC(=O)c1ccccc1)C(=O)O. The number of aliphatic carboxylic acids is 1. The van der Waals surface area contributed by atoms with Crippen molar-refractivity contribution in [3.8, 4) is 0 Å². The molecule has 1 unspecified atom stereocenters. The second-order valence-corrected chi connectivity index (χ2v) is 3.69. The molecule has 0 spiro atoms. The van der Waals surface area contributed by atoms with Crippen LogP contribution in [0.4, 0.5) is 0 Å². The van der Waals surface area contributed by atoms with Gasteiger partial charge in [0, 0.05) is 12.0 Å². The van der Waals surface area contributed by atoms with Crippen molar-refractivity contribution in [1.82, 2.24) is 0 Å². The Kier molecular flexibility index (Phi) is 3.21. The summed E-state index contributed by atoms with van der Waals surface area (Å²) >= 11 is 0. The number of carbonyl (C=O) groups is 2. The van der Waals surface area contributed by atoms with Gasteiger partial charge in [0.25, 0.3) is 0 Å². The van der Waals surface area contributed by atoms with Gasteiger partial charge in [0.05, 0.1) is 0 Å². The summed E-state index contributed by atoms with van der Waals surface area (Å²) in [7, 11) is 0. The van der Waals surface area contributed by atoms with Gasteiger partial charge in [-0.15, -0.1) is 0 Å². The Bertz CT molecular complexity index is 371. The fourth-order valence-electron chi connectivity index (χ4n) is 1.14. The summed E-state index contributed by atoms with van der Waals surface area (Å²) in [6.07, 6.45) is -0.202. The molecule has 3 N–H and O–H groups in total. The highest BCUT2D eigenvalue weighted by Gasteiger charge is 2.31. The predicted molar refractivity (Wildman–Crippen MR) is 55.6 cm³/mol. The first-order valence-electron chi connectivity index (χ1n) is 4.54. The minimum atomic E-state index is -1.51. The molecule has 0 radical (unpaired) electrons. The van der Waals surface area contributed by atoms with Gasteiger partial charge in [-0.05, 0) is 6.92 Å². The van der Waals surface area contributed by atoms with Crippen molar-refractivity contribution in [2.45, 2.75) is 18.9 Å². The molecular weight excluding hydrogens is 194 g/mol. The number of Topliss-reactive ketones (excluding diaryl/α,β-unsaturated/α-hetero) is 1. The molecule has 0 bridgehead atoms. The molecule has 0 aliphatic carbocycles. The molecule has 1 rings (SSSR count). The lowest BCUT2D eigenvalue weighted by Gasteiger charge is -2.17. The van der Waals surface area contributed by atoms with Crippen LogP contribution in [-0.4, -0.2) is 22.4 Å². The van der Waals surface area contributed by atoms with Gasteiger partial charge >= 0.3 is 5.97 Å². The first-order chi connectivity index (χ1) is 6.93. The molecule has 1 atom stereocenters. The third-order valence-electron chi connectivity index (χ3n) is 2.11. The van der Waals surface area contributed by atoms with Crippen molar-refractivity contribution in [2.24, 2.45) is 5.73 Å². The number of hydrogen-bond donors (Lipinski definition) is 2. The van der Waals surface area contributed by atoms with Crippen LogP contribution >= 0.6 is 0 Å². The van der Waals surface area contributed by atoms with Crippen molar-refractivity contribution in [3.05, 3.63) is 35.9 Å². The maximum absolute atomic E-state index is 11.6. The van der Waals surface area contributed by atoms with Crippen LogP contribution < -0.4 is 5.73 Å². The smallest absolute Gasteiger partial charge is 0.323 e. The Hall–Kier alpha value is -1.68. The number of carboxylic acids is 1.